The number of hydrogen-bond acceptors (Lipinski definition) is 4. The van der Waals surface area contributed by atoms with Gasteiger partial charge in [0.05, 0.1) is 19.1 Å². The van der Waals surface area contributed by atoms with Gasteiger partial charge in [-0.2, -0.15) is 0 Å². The Labute approximate surface area is 160 Å². The van der Waals surface area contributed by atoms with Gasteiger partial charge in [0.2, 0.25) is 5.91 Å². The molecule has 1 aromatic carbocycles. The van der Waals surface area contributed by atoms with Crippen LogP contribution < -0.4 is 14.8 Å². The predicted octanol–water partition coefficient (Wildman–Crippen LogP) is 3.52. The normalized spacial score (nSPS) is 23.0. The summed E-state index contributed by atoms with van der Waals surface area (Å²) in [5.41, 5.74) is 0.969. The van der Waals surface area contributed by atoms with Gasteiger partial charge in [-0.15, -0.1) is 0 Å². The second-order valence-electron chi connectivity index (χ2n) is 7.61. The van der Waals surface area contributed by atoms with Gasteiger partial charge in [-0.3, -0.25) is 9.59 Å². The standard InChI is InChI=1S/C21H29NO5/c1-26-18-11-6-14(12-19(18)27-17-4-2-3-5-17)13-22-20(23)15-7-9-16(10-8-15)21(24)25/h6,11-12,15-17H,2-5,7-10,13H2,1H3,(H,22,23)(H,24,25). The molecule has 3 rings (SSSR count). The van der Waals surface area contributed by atoms with E-state index in [9.17, 15) is 9.59 Å². The number of ether oxygens (including phenoxy) is 2. The summed E-state index contributed by atoms with van der Waals surface area (Å²) < 4.78 is 11.5. The van der Waals surface area contributed by atoms with Gasteiger partial charge in [0.1, 0.15) is 0 Å². The van der Waals surface area contributed by atoms with Crippen LogP contribution in [0.25, 0.3) is 0 Å². The molecule has 0 spiro atoms. The molecule has 0 aliphatic heterocycles. The number of aliphatic carboxylic acids is 1. The average molecular weight is 375 g/mol. The second-order valence-corrected chi connectivity index (χ2v) is 7.61. The summed E-state index contributed by atoms with van der Waals surface area (Å²) in [4.78, 5) is 23.4. The third kappa shape index (κ3) is 5.15. The zero-order valence-corrected chi connectivity index (χ0v) is 15.9. The van der Waals surface area contributed by atoms with Crippen LogP contribution in [0, 0.1) is 11.8 Å². The van der Waals surface area contributed by atoms with Gasteiger partial charge < -0.3 is 19.9 Å². The maximum Gasteiger partial charge on any atom is 0.306 e. The first-order chi connectivity index (χ1) is 13.1. The number of rotatable bonds is 7. The van der Waals surface area contributed by atoms with Gasteiger partial charge in [-0.05, 0) is 69.1 Å². The minimum atomic E-state index is -0.748. The van der Waals surface area contributed by atoms with Crippen LogP contribution >= 0.6 is 0 Å². The molecule has 2 aliphatic rings. The topological polar surface area (TPSA) is 84.9 Å². The van der Waals surface area contributed by atoms with Crippen molar-refractivity contribution in [2.24, 2.45) is 11.8 Å². The molecule has 1 aromatic rings. The van der Waals surface area contributed by atoms with E-state index in [1.807, 2.05) is 18.2 Å². The minimum Gasteiger partial charge on any atom is -0.493 e. The molecule has 0 saturated heterocycles. The van der Waals surface area contributed by atoms with Crippen molar-refractivity contribution >= 4 is 11.9 Å². The minimum absolute atomic E-state index is 0.00733. The van der Waals surface area contributed by atoms with E-state index in [0.29, 0.717) is 38.0 Å². The number of carboxylic acid groups (broad SMARTS) is 1. The highest BCUT2D eigenvalue weighted by Gasteiger charge is 2.29. The highest BCUT2D eigenvalue weighted by Crippen LogP contribution is 2.33. The molecule has 1 amide bonds. The van der Waals surface area contributed by atoms with Gasteiger partial charge in [0, 0.05) is 12.5 Å². The van der Waals surface area contributed by atoms with Crippen molar-refractivity contribution in [2.75, 3.05) is 7.11 Å². The van der Waals surface area contributed by atoms with Crippen molar-refractivity contribution in [1.29, 1.82) is 0 Å². The Kier molecular flexibility index (Phi) is 6.58. The summed E-state index contributed by atoms with van der Waals surface area (Å²) in [6, 6.07) is 5.75. The lowest BCUT2D eigenvalue weighted by Crippen LogP contribution is -2.34. The molecule has 0 heterocycles. The van der Waals surface area contributed by atoms with Gasteiger partial charge in [0.25, 0.3) is 0 Å². The third-order valence-electron chi connectivity index (χ3n) is 5.74. The molecule has 27 heavy (non-hydrogen) atoms. The largest absolute Gasteiger partial charge is 0.493 e. The highest BCUT2D eigenvalue weighted by atomic mass is 16.5. The van der Waals surface area contributed by atoms with Crippen LogP contribution in [0.15, 0.2) is 18.2 Å². The van der Waals surface area contributed by atoms with E-state index < -0.39 is 5.97 Å². The Morgan fingerprint density at radius 3 is 2.33 bits per heavy atom. The van der Waals surface area contributed by atoms with Crippen LogP contribution in [0.1, 0.15) is 56.9 Å². The number of methoxy groups -OCH3 is 1. The van der Waals surface area contributed by atoms with Crippen molar-refractivity contribution in [3.63, 3.8) is 0 Å². The van der Waals surface area contributed by atoms with E-state index in [2.05, 4.69) is 5.32 Å². The quantitative estimate of drug-likeness (QED) is 0.762. The lowest BCUT2D eigenvalue weighted by Gasteiger charge is -2.25. The van der Waals surface area contributed by atoms with E-state index in [-0.39, 0.29) is 23.8 Å². The van der Waals surface area contributed by atoms with Crippen molar-refractivity contribution in [2.45, 2.75) is 64.0 Å². The summed E-state index contributed by atoms with van der Waals surface area (Å²) in [6.45, 7) is 0.433. The lowest BCUT2D eigenvalue weighted by atomic mass is 9.81. The molecule has 2 saturated carbocycles. The summed E-state index contributed by atoms with van der Waals surface area (Å²) in [6.07, 6.45) is 7.23. The fourth-order valence-electron chi connectivity index (χ4n) is 4.05. The van der Waals surface area contributed by atoms with Crippen LogP contribution in [0.5, 0.6) is 11.5 Å². The van der Waals surface area contributed by atoms with Crippen LogP contribution in [0.4, 0.5) is 0 Å². The SMILES string of the molecule is COc1ccc(CNC(=O)C2CCC(C(=O)O)CC2)cc1OC1CCCC1. The molecule has 2 fully saturated rings. The van der Waals surface area contributed by atoms with Crippen LogP contribution in [-0.4, -0.2) is 30.2 Å². The first-order valence-electron chi connectivity index (χ1n) is 9.91. The van der Waals surface area contributed by atoms with Gasteiger partial charge >= 0.3 is 5.97 Å². The summed E-state index contributed by atoms with van der Waals surface area (Å²) in [5.74, 6) is 0.316. The molecule has 0 aromatic heterocycles. The first-order valence-corrected chi connectivity index (χ1v) is 9.91. The monoisotopic (exact) mass is 375 g/mol. The Bertz CT molecular complexity index is 661. The van der Waals surface area contributed by atoms with E-state index in [0.717, 1.165) is 24.2 Å². The van der Waals surface area contributed by atoms with Crippen molar-refractivity contribution in [3.05, 3.63) is 23.8 Å². The summed E-state index contributed by atoms with van der Waals surface area (Å²) in [5, 5.41) is 12.1. The fraction of sp³-hybridized carbons (Fsp3) is 0.619. The van der Waals surface area contributed by atoms with Gasteiger partial charge in [0.15, 0.2) is 11.5 Å². The van der Waals surface area contributed by atoms with E-state index in [1.54, 1.807) is 7.11 Å². The molecule has 2 N–H and O–H groups in total. The van der Waals surface area contributed by atoms with Gasteiger partial charge in [-0.1, -0.05) is 6.07 Å². The van der Waals surface area contributed by atoms with E-state index in [1.165, 1.54) is 12.8 Å². The van der Waals surface area contributed by atoms with Gasteiger partial charge in [-0.25, -0.2) is 0 Å². The first kappa shape index (κ1) is 19.5. The number of hydrogen-bond donors (Lipinski definition) is 2. The lowest BCUT2D eigenvalue weighted by molar-refractivity contribution is -0.144. The smallest absolute Gasteiger partial charge is 0.306 e. The van der Waals surface area contributed by atoms with Crippen LogP contribution in [-0.2, 0) is 16.1 Å². The molecular formula is C21H29NO5. The van der Waals surface area contributed by atoms with E-state index >= 15 is 0 Å². The summed E-state index contributed by atoms with van der Waals surface area (Å²) in [7, 11) is 1.63. The maximum atomic E-state index is 12.4. The Morgan fingerprint density at radius 2 is 1.70 bits per heavy atom. The van der Waals surface area contributed by atoms with Crippen molar-refractivity contribution < 1.29 is 24.2 Å². The summed E-state index contributed by atoms with van der Waals surface area (Å²) >= 11 is 0. The highest BCUT2D eigenvalue weighted by molar-refractivity contribution is 5.79. The number of benzene rings is 1. The second kappa shape index (κ2) is 9.11. The Hall–Kier alpha value is -2.24. The Balaban J connectivity index is 1.54. The van der Waals surface area contributed by atoms with Crippen LogP contribution in [0.3, 0.4) is 0 Å². The number of amides is 1. The zero-order chi connectivity index (χ0) is 19.2. The third-order valence-corrected chi connectivity index (χ3v) is 5.74. The molecule has 6 heteroatoms. The molecule has 2 aliphatic carbocycles. The number of carbonyl (C=O) groups excluding carboxylic acids is 1. The Morgan fingerprint density at radius 1 is 1.04 bits per heavy atom. The fourth-order valence-corrected chi connectivity index (χ4v) is 4.05. The maximum absolute atomic E-state index is 12.4. The molecule has 0 bridgehead atoms. The predicted molar refractivity (Wildman–Crippen MR) is 101 cm³/mol. The average Bonchev–Trinajstić information content (AvgIpc) is 3.19. The molecule has 6 nitrogen and oxygen atoms in total. The molecule has 148 valence electrons. The zero-order valence-electron chi connectivity index (χ0n) is 15.9. The number of carbonyl (C=O) groups is 2. The molecule has 0 radical (unpaired) electrons. The van der Waals surface area contributed by atoms with Crippen molar-refractivity contribution in [3.8, 4) is 11.5 Å². The number of nitrogens with one attached hydrogen (secondary N) is 1. The van der Waals surface area contributed by atoms with E-state index in [4.69, 9.17) is 14.6 Å². The number of carboxylic acids is 1. The molecule has 0 atom stereocenters. The molecule has 0 unspecified atom stereocenters. The van der Waals surface area contributed by atoms with Crippen molar-refractivity contribution in [1.82, 2.24) is 5.32 Å². The molecular weight excluding hydrogens is 346 g/mol. The van der Waals surface area contributed by atoms with Crippen LogP contribution in [0.2, 0.25) is 0 Å².